The molecule has 0 aromatic heterocycles. The van der Waals surface area contributed by atoms with E-state index in [4.69, 9.17) is 10.2 Å². The zero-order valence-electron chi connectivity index (χ0n) is 7.58. The van der Waals surface area contributed by atoms with Gasteiger partial charge in [0.1, 0.15) is 6.07 Å². The Labute approximate surface area is 105 Å². The Kier molecular flexibility index (Phi) is 4.46. The molecule has 0 spiro atoms. The van der Waals surface area contributed by atoms with Crippen LogP contribution in [0.5, 0.6) is 11.5 Å². The first kappa shape index (κ1) is 13.6. The van der Waals surface area contributed by atoms with Crippen molar-refractivity contribution < 1.29 is 20.1 Å². The van der Waals surface area contributed by atoms with Crippen molar-refractivity contribution in [3.63, 3.8) is 0 Å². The number of rotatable bonds is 2. The van der Waals surface area contributed by atoms with Crippen LogP contribution in [0.25, 0.3) is 0 Å². The first-order valence-electron chi connectivity index (χ1n) is 3.28. The number of hydrogen-bond donors (Lipinski definition) is 2. The van der Waals surface area contributed by atoms with E-state index in [1.54, 1.807) is 0 Å². The van der Waals surface area contributed by atoms with Crippen molar-refractivity contribution in [2.75, 3.05) is 0 Å². The van der Waals surface area contributed by atoms with Crippen LogP contribution < -0.4 is 0 Å². The predicted octanol–water partition coefficient (Wildman–Crippen LogP) is 0.533. The minimum Gasteiger partial charge on any atom is -0.502 e. The zero-order chi connectivity index (χ0) is 10.9. The fraction of sp³-hybridized carbons (Fsp3) is 0. The van der Waals surface area contributed by atoms with Gasteiger partial charge in [-0.3, -0.25) is 20.2 Å². The number of hydrogen-bond acceptors (Lipinski definition) is 6. The molecule has 8 nitrogen and oxygen atoms in total. The van der Waals surface area contributed by atoms with Crippen molar-refractivity contribution >= 4 is 40.9 Å². The van der Waals surface area contributed by atoms with Gasteiger partial charge in [0.2, 0.25) is 0 Å². The van der Waals surface area contributed by atoms with Crippen LogP contribution in [-0.2, 0) is 0 Å². The van der Waals surface area contributed by atoms with Gasteiger partial charge in [0.15, 0.2) is 11.5 Å². The molecule has 75 valence electrons. The molecule has 1 radical (unpaired) electrons. The molecule has 0 saturated carbocycles. The summed E-state index contributed by atoms with van der Waals surface area (Å²) in [6.45, 7) is 0. The third-order valence-corrected chi connectivity index (χ3v) is 1.47. The van der Waals surface area contributed by atoms with E-state index in [-0.39, 0.29) is 29.6 Å². The van der Waals surface area contributed by atoms with E-state index in [1.165, 1.54) is 0 Å². The summed E-state index contributed by atoms with van der Waals surface area (Å²) >= 11 is 0. The minimum absolute atomic E-state index is 0. The first-order valence-corrected chi connectivity index (χ1v) is 3.28. The van der Waals surface area contributed by atoms with Crippen LogP contribution in [0.1, 0.15) is 0 Å². The average Bonchev–Trinajstić information content (AvgIpc) is 2.02. The molecule has 1 aromatic carbocycles. The van der Waals surface area contributed by atoms with Gasteiger partial charge in [-0.2, -0.15) is 0 Å². The van der Waals surface area contributed by atoms with Crippen molar-refractivity contribution in [3.05, 3.63) is 32.4 Å². The van der Waals surface area contributed by atoms with Crippen molar-refractivity contribution in [2.45, 2.75) is 0 Å². The van der Waals surface area contributed by atoms with Crippen LogP contribution in [0.3, 0.4) is 0 Å². The Morgan fingerprint density at radius 2 is 1.27 bits per heavy atom. The standard InChI is InChI=1S/C6H4N2O6.Na/c9-5-2-6(10)4(8(13)14)1-3(5)7(11)12;/h1-2,9-10H;. The first-order chi connectivity index (χ1) is 6.43. The third kappa shape index (κ3) is 2.78. The van der Waals surface area contributed by atoms with E-state index < -0.39 is 32.7 Å². The molecular weight excluding hydrogens is 219 g/mol. The SMILES string of the molecule is O=[N+]([O-])c1cc([N+](=O)[O-])c(O)cc1O.[Na]. The molecule has 0 saturated heterocycles. The second-order valence-corrected chi connectivity index (χ2v) is 2.34. The number of nitro groups is 2. The van der Waals surface area contributed by atoms with Crippen LogP contribution in [0.4, 0.5) is 11.4 Å². The Morgan fingerprint density at radius 3 is 1.53 bits per heavy atom. The molecule has 0 aliphatic carbocycles. The second kappa shape index (κ2) is 4.91. The van der Waals surface area contributed by atoms with Gasteiger partial charge in [-0.1, -0.05) is 0 Å². The Morgan fingerprint density at radius 1 is 0.933 bits per heavy atom. The van der Waals surface area contributed by atoms with Crippen LogP contribution in [0.2, 0.25) is 0 Å². The summed E-state index contributed by atoms with van der Waals surface area (Å²) < 4.78 is 0. The van der Waals surface area contributed by atoms with Crippen LogP contribution in [0.15, 0.2) is 12.1 Å². The van der Waals surface area contributed by atoms with Crippen LogP contribution in [0, 0.1) is 20.2 Å². The van der Waals surface area contributed by atoms with E-state index in [0.717, 1.165) is 0 Å². The molecule has 0 aliphatic heterocycles. The van der Waals surface area contributed by atoms with Crippen LogP contribution in [-0.4, -0.2) is 49.6 Å². The largest absolute Gasteiger partial charge is 0.502 e. The van der Waals surface area contributed by atoms with Crippen LogP contribution >= 0.6 is 0 Å². The molecule has 15 heavy (non-hydrogen) atoms. The van der Waals surface area contributed by atoms with E-state index in [2.05, 4.69) is 0 Å². The fourth-order valence-electron chi connectivity index (χ4n) is 0.847. The van der Waals surface area contributed by atoms with Gasteiger partial charge in [0.05, 0.1) is 9.85 Å². The van der Waals surface area contributed by atoms with E-state index in [0.29, 0.717) is 12.1 Å². The normalized spacial score (nSPS) is 9.07. The molecule has 1 rings (SSSR count). The topological polar surface area (TPSA) is 127 Å². The van der Waals surface area contributed by atoms with Gasteiger partial charge in [-0.25, -0.2) is 0 Å². The van der Waals surface area contributed by atoms with Gasteiger partial charge >= 0.3 is 11.4 Å². The van der Waals surface area contributed by atoms with Crippen molar-refractivity contribution in [1.82, 2.24) is 0 Å². The van der Waals surface area contributed by atoms with Gasteiger partial charge in [-0.05, 0) is 0 Å². The summed E-state index contributed by atoms with van der Waals surface area (Å²) in [5, 5.41) is 38.4. The Hall–Kier alpha value is -1.38. The summed E-state index contributed by atoms with van der Waals surface area (Å²) in [6, 6.07) is 1.04. The van der Waals surface area contributed by atoms with E-state index in [9.17, 15) is 20.2 Å². The molecular formula is C6H4N2NaO6. The molecule has 0 aliphatic rings. The maximum absolute atomic E-state index is 10.2. The molecule has 0 bridgehead atoms. The van der Waals surface area contributed by atoms with Gasteiger partial charge in [0, 0.05) is 35.6 Å². The Bertz CT molecular complexity index is 385. The van der Waals surface area contributed by atoms with Gasteiger partial charge < -0.3 is 10.2 Å². The molecule has 0 heterocycles. The summed E-state index contributed by atoms with van der Waals surface area (Å²) in [5.41, 5.74) is -1.65. The van der Waals surface area contributed by atoms with Gasteiger partial charge in [-0.15, -0.1) is 0 Å². The van der Waals surface area contributed by atoms with E-state index >= 15 is 0 Å². The summed E-state index contributed by atoms with van der Waals surface area (Å²) in [5.74, 6) is -1.64. The minimum atomic E-state index is -0.984. The molecule has 1 aromatic rings. The van der Waals surface area contributed by atoms with Crippen molar-refractivity contribution in [1.29, 1.82) is 0 Å². The smallest absolute Gasteiger partial charge is 0.317 e. The van der Waals surface area contributed by atoms with Crippen molar-refractivity contribution in [3.8, 4) is 11.5 Å². The molecule has 0 fully saturated rings. The zero-order valence-corrected chi connectivity index (χ0v) is 9.58. The van der Waals surface area contributed by atoms with E-state index in [1.807, 2.05) is 0 Å². The Balaban J connectivity index is 0.00000196. The summed E-state index contributed by atoms with van der Waals surface area (Å²) in [6.07, 6.45) is 0. The second-order valence-electron chi connectivity index (χ2n) is 2.34. The molecule has 2 N–H and O–H groups in total. The number of nitrogens with zero attached hydrogens (tertiary/aromatic N) is 2. The quantitative estimate of drug-likeness (QED) is 0.427. The molecule has 0 atom stereocenters. The number of benzene rings is 1. The summed E-state index contributed by atoms with van der Waals surface area (Å²) in [7, 11) is 0. The maximum Gasteiger partial charge on any atom is 0.317 e. The number of phenolic OH excluding ortho intramolecular Hbond substituents is 2. The summed E-state index contributed by atoms with van der Waals surface area (Å²) in [4.78, 5) is 18.5. The molecule has 9 heteroatoms. The number of nitro benzene ring substituents is 2. The fourth-order valence-corrected chi connectivity index (χ4v) is 0.847. The number of aromatic hydroxyl groups is 2. The predicted molar refractivity (Wildman–Crippen MR) is 48.8 cm³/mol. The molecule has 0 amide bonds. The number of phenols is 2. The third-order valence-electron chi connectivity index (χ3n) is 1.47. The van der Waals surface area contributed by atoms with Crippen molar-refractivity contribution in [2.24, 2.45) is 0 Å². The monoisotopic (exact) mass is 223 g/mol. The average molecular weight is 223 g/mol. The van der Waals surface area contributed by atoms with Gasteiger partial charge in [0.25, 0.3) is 0 Å². The maximum atomic E-state index is 10.2. The molecule has 0 unspecified atom stereocenters.